The molecular weight excluding hydrogens is 266 g/mol. The highest BCUT2D eigenvalue weighted by Gasteiger charge is 2.24. The lowest BCUT2D eigenvalue weighted by Gasteiger charge is -2.31. The first-order chi connectivity index (χ1) is 10.3. The van der Waals surface area contributed by atoms with Crippen molar-refractivity contribution in [2.75, 3.05) is 12.4 Å². The maximum absolute atomic E-state index is 11.1. The molecule has 3 N–H and O–H groups in total. The molecule has 3 rings (SSSR count). The molecule has 112 valence electrons. The number of H-pyrrole nitrogens is 2. The number of nitrogens with one attached hydrogen (secondary N) is 3. The Morgan fingerprint density at radius 2 is 1.90 bits per heavy atom. The van der Waals surface area contributed by atoms with Crippen molar-refractivity contribution >= 4 is 5.69 Å². The molecule has 1 fully saturated rings. The maximum atomic E-state index is 11.1. The van der Waals surface area contributed by atoms with E-state index in [1.807, 2.05) is 24.3 Å². The van der Waals surface area contributed by atoms with Crippen molar-refractivity contribution in [2.45, 2.75) is 37.8 Å². The summed E-state index contributed by atoms with van der Waals surface area (Å²) in [5.41, 5.74) is 2.77. The van der Waals surface area contributed by atoms with Crippen molar-refractivity contribution in [2.24, 2.45) is 0 Å². The predicted molar refractivity (Wildman–Crippen MR) is 83.5 cm³/mol. The van der Waals surface area contributed by atoms with E-state index in [9.17, 15) is 4.79 Å². The fourth-order valence-electron chi connectivity index (χ4n) is 2.99. The van der Waals surface area contributed by atoms with Crippen molar-refractivity contribution in [1.82, 2.24) is 10.2 Å². The van der Waals surface area contributed by atoms with Crippen LogP contribution >= 0.6 is 0 Å². The number of hydrogen-bond acceptors (Lipinski definition) is 3. The lowest BCUT2D eigenvalue weighted by atomic mass is 9.92. The quantitative estimate of drug-likeness (QED) is 0.810. The van der Waals surface area contributed by atoms with Crippen LogP contribution in [-0.2, 0) is 4.74 Å². The first-order valence-electron chi connectivity index (χ1n) is 7.44. The topological polar surface area (TPSA) is 69.9 Å². The minimum atomic E-state index is -0.114. The molecule has 1 heterocycles. The number of aromatic amines is 2. The molecule has 0 amide bonds. The number of anilines is 1. The zero-order valence-corrected chi connectivity index (χ0v) is 12.2. The Hall–Kier alpha value is -2.01. The van der Waals surface area contributed by atoms with E-state index < -0.39 is 0 Å². The smallest absolute Gasteiger partial charge is 0.264 e. The summed E-state index contributed by atoms with van der Waals surface area (Å²) in [7, 11) is 1.79. The second-order valence-corrected chi connectivity index (χ2v) is 5.56. The van der Waals surface area contributed by atoms with Crippen LogP contribution in [0.5, 0.6) is 0 Å². The van der Waals surface area contributed by atoms with Gasteiger partial charge in [-0.15, -0.1) is 0 Å². The second kappa shape index (κ2) is 6.18. The van der Waals surface area contributed by atoms with Gasteiger partial charge in [0, 0.05) is 18.9 Å². The average Bonchev–Trinajstić information content (AvgIpc) is 2.95. The molecule has 1 aromatic heterocycles. The Balaban J connectivity index is 1.70. The number of methoxy groups -OCH3 is 1. The van der Waals surface area contributed by atoms with Crippen LogP contribution in [0.15, 0.2) is 35.1 Å². The molecule has 0 aliphatic heterocycles. The molecule has 0 bridgehead atoms. The molecule has 0 spiro atoms. The number of ether oxygens (including phenoxy) is 1. The zero-order chi connectivity index (χ0) is 14.7. The van der Waals surface area contributed by atoms with Crippen molar-refractivity contribution in [1.29, 1.82) is 0 Å². The predicted octanol–water partition coefficient (Wildman–Crippen LogP) is 2.74. The van der Waals surface area contributed by atoms with E-state index in [2.05, 4.69) is 15.5 Å². The minimum Gasteiger partial charge on any atom is -0.380 e. The van der Waals surface area contributed by atoms with Crippen LogP contribution in [0.1, 0.15) is 25.7 Å². The van der Waals surface area contributed by atoms with E-state index in [0.717, 1.165) is 29.8 Å². The summed E-state index contributed by atoms with van der Waals surface area (Å²) in [4.78, 5) is 11.1. The number of rotatable bonds is 4. The largest absolute Gasteiger partial charge is 0.380 e. The molecule has 1 aliphatic carbocycles. The molecule has 21 heavy (non-hydrogen) atoms. The van der Waals surface area contributed by atoms with Crippen LogP contribution in [0.2, 0.25) is 0 Å². The molecule has 1 aromatic carbocycles. The van der Waals surface area contributed by atoms with Crippen LogP contribution in [0, 0.1) is 0 Å². The first-order valence-corrected chi connectivity index (χ1v) is 7.44. The van der Waals surface area contributed by atoms with Gasteiger partial charge in [0.25, 0.3) is 5.56 Å². The van der Waals surface area contributed by atoms with E-state index in [4.69, 9.17) is 4.74 Å². The molecule has 0 saturated heterocycles. The number of hydrogen-bond donors (Lipinski definition) is 3. The van der Waals surface area contributed by atoms with Gasteiger partial charge in [0.2, 0.25) is 0 Å². The SMILES string of the molecule is COC1CCCCC1Nc1ccc(-c2cc(=O)[nH][nH]2)cc1. The molecule has 2 aromatic rings. The van der Waals surface area contributed by atoms with Gasteiger partial charge in [-0.2, -0.15) is 0 Å². The van der Waals surface area contributed by atoms with Gasteiger partial charge in [-0.1, -0.05) is 25.0 Å². The minimum absolute atomic E-state index is 0.114. The Bertz CT molecular complexity index is 629. The van der Waals surface area contributed by atoms with Crippen molar-refractivity contribution in [3.63, 3.8) is 0 Å². The molecule has 2 atom stereocenters. The molecule has 0 radical (unpaired) electrons. The van der Waals surface area contributed by atoms with E-state index in [0.29, 0.717) is 12.1 Å². The second-order valence-electron chi connectivity index (χ2n) is 5.56. The van der Waals surface area contributed by atoms with Crippen LogP contribution < -0.4 is 10.9 Å². The number of aromatic nitrogens is 2. The maximum Gasteiger partial charge on any atom is 0.264 e. The first kappa shape index (κ1) is 13.9. The Morgan fingerprint density at radius 1 is 1.14 bits per heavy atom. The summed E-state index contributed by atoms with van der Waals surface area (Å²) in [5, 5.41) is 8.97. The monoisotopic (exact) mass is 287 g/mol. The Morgan fingerprint density at radius 3 is 2.57 bits per heavy atom. The van der Waals surface area contributed by atoms with Crippen molar-refractivity contribution in [3.8, 4) is 11.3 Å². The average molecular weight is 287 g/mol. The summed E-state index contributed by atoms with van der Waals surface area (Å²) in [6.45, 7) is 0. The third kappa shape index (κ3) is 3.19. The highest BCUT2D eigenvalue weighted by Crippen LogP contribution is 2.25. The standard InChI is InChI=1S/C16H21N3O2/c1-21-15-5-3-2-4-13(15)17-12-8-6-11(7-9-12)14-10-16(20)19-18-14/h6-10,13,15,17H,2-5H2,1H3,(H2,18,19,20). The summed E-state index contributed by atoms with van der Waals surface area (Å²) < 4.78 is 5.57. The molecule has 1 saturated carbocycles. The lowest BCUT2D eigenvalue weighted by molar-refractivity contribution is 0.0606. The van der Waals surface area contributed by atoms with Gasteiger partial charge in [-0.25, -0.2) is 0 Å². The van der Waals surface area contributed by atoms with Crippen molar-refractivity contribution in [3.05, 3.63) is 40.7 Å². The van der Waals surface area contributed by atoms with E-state index in [-0.39, 0.29) is 5.56 Å². The summed E-state index contributed by atoms with van der Waals surface area (Å²) >= 11 is 0. The normalized spacial score (nSPS) is 22.1. The van der Waals surface area contributed by atoms with Crippen LogP contribution in [-0.4, -0.2) is 29.5 Å². The van der Waals surface area contributed by atoms with Gasteiger partial charge in [0.05, 0.1) is 17.8 Å². The highest BCUT2D eigenvalue weighted by molar-refractivity contribution is 5.62. The zero-order valence-electron chi connectivity index (χ0n) is 12.2. The Kier molecular flexibility index (Phi) is 4.10. The van der Waals surface area contributed by atoms with Gasteiger partial charge in [0.1, 0.15) is 0 Å². The molecule has 5 nitrogen and oxygen atoms in total. The summed E-state index contributed by atoms with van der Waals surface area (Å²) in [6, 6.07) is 10.0. The van der Waals surface area contributed by atoms with Crippen LogP contribution in [0.3, 0.4) is 0 Å². The number of benzene rings is 1. The van der Waals surface area contributed by atoms with Gasteiger partial charge in [-0.3, -0.25) is 15.0 Å². The molecular formula is C16H21N3O2. The van der Waals surface area contributed by atoms with Crippen LogP contribution in [0.25, 0.3) is 11.3 Å². The summed E-state index contributed by atoms with van der Waals surface area (Å²) in [6.07, 6.45) is 5.05. The third-order valence-electron chi connectivity index (χ3n) is 4.15. The van der Waals surface area contributed by atoms with Crippen LogP contribution in [0.4, 0.5) is 5.69 Å². The van der Waals surface area contributed by atoms with E-state index in [1.54, 1.807) is 13.2 Å². The van der Waals surface area contributed by atoms with E-state index in [1.165, 1.54) is 12.8 Å². The molecule has 1 aliphatic rings. The third-order valence-corrected chi connectivity index (χ3v) is 4.15. The molecule has 2 unspecified atom stereocenters. The van der Waals surface area contributed by atoms with E-state index >= 15 is 0 Å². The fourth-order valence-corrected chi connectivity index (χ4v) is 2.99. The molecule has 5 heteroatoms. The van der Waals surface area contributed by atoms with Gasteiger partial charge < -0.3 is 10.1 Å². The van der Waals surface area contributed by atoms with Gasteiger partial charge in [0.15, 0.2) is 0 Å². The lowest BCUT2D eigenvalue weighted by Crippen LogP contribution is -2.37. The van der Waals surface area contributed by atoms with Gasteiger partial charge >= 0.3 is 0 Å². The highest BCUT2D eigenvalue weighted by atomic mass is 16.5. The fraction of sp³-hybridized carbons (Fsp3) is 0.438. The Labute approximate surface area is 123 Å². The van der Waals surface area contributed by atoms with Crippen molar-refractivity contribution < 1.29 is 4.74 Å². The summed E-state index contributed by atoms with van der Waals surface area (Å²) in [5.74, 6) is 0. The van der Waals surface area contributed by atoms with Gasteiger partial charge in [-0.05, 0) is 30.5 Å².